The van der Waals surface area contributed by atoms with Crippen LogP contribution in [0, 0.1) is 11.7 Å². The van der Waals surface area contributed by atoms with Crippen molar-refractivity contribution in [3.63, 3.8) is 0 Å². The maximum atomic E-state index is 13.7. The highest BCUT2D eigenvalue weighted by Crippen LogP contribution is 2.17. The van der Waals surface area contributed by atoms with Crippen LogP contribution in [0.15, 0.2) is 29.3 Å². The molecule has 122 valence electrons. The summed E-state index contributed by atoms with van der Waals surface area (Å²) in [5, 5.41) is 0. The molecule has 0 aliphatic carbocycles. The number of aliphatic imine (C=N–C) groups is 1. The minimum atomic E-state index is -0.185. The molecule has 1 aromatic rings. The normalized spacial score (nSPS) is 19.3. The number of nitrogens with zero attached hydrogens (tertiary/aromatic N) is 3. The summed E-state index contributed by atoms with van der Waals surface area (Å²) in [6, 6.07) is 6.83. The number of benzene rings is 1. The highest BCUT2D eigenvalue weighted by atomic mass is 19.1. The van der Waals surface area contributed by atoms with Crippen molar-refractivity contribution in [2.24, 2.45) is 16.6 Å². The van der Waals surface area contributed by atoms with Crippen LogP contribution in [-0.2, 0) is 0 Å². The zero-order valence-corrected chi connectivity index (χ0v) is 13.6. The zero-order chi connectivity index (χ0) is 15.9. The van der Waals surface area contributed by atoms with Crippen molar-refractivity contribution in [2.45, 2.75) is 26.2 Å². The number of rotatable bonds is 5. The van der Waals surface area contributed by atoms with Crippen molar-refractivity contribution in [1.82, 2.24) is 4.90 Å². The van der Waals surface area contributed by atoms with E-state index in [2.05, 4.69) is 16.8 Å². The van der Waals surface area contributed by atoms with Crippen molar-refractivity contribution < 1.29 is 4.39 Å². The summed E-state index contributed by atoms with van der Waals surface area (Å²) in [6.45, 7) is 5.70. The summed E-state index contributed by atoms with van der Waals surface area (Å²) < 4.78 is 13.7. The third-order valence-corrected chi connectivity index (χ3v) is 4.17. The Morgan fingerprint density at radius 1 is 1.45 bits per heavy atom. The zero-order valence-electron chi connectivity index (χ0n) is 13.6. The van der Waals surface area contributed by atoms with Gasteiger partial charge in [0, 0.05) is 33.2 Å². The van der Waals surface area contributed by atoms with Crippen LogP contribution in [0.4, 0.5) is 10.1 Å². The number of halogens is 1. The molecule has 2 rings (SSSR count). The van der Waals surface area contributed by atoms with Crippen molar-refractivity contribution in [1.29, 1.82) is 0 Å². The van der Waals surface area contributed by atoms with E-state index in [-0.39, 0.29) is 5.82 Å². The average Bonchev–Trinajstić information content (AvgIpc) is 2.51. The largest absolute Gasteiger partial charge is 0.372 e. The van der Waals surface area contributed by atoms with E-state index in [0.29, 0.717) is 24.1 Å². The standard InChI is InChI=1S/C17H27FN4/c1-14-7-5-12-22(13-14)17(19)20-10-6-11-21(2)16-9-4-3-8-15(16)18/h3-4,8-9,14H,5-7,10-13H2,1-2H3,(H2,19,20). The Kier molecular flexibility index (Phi) is 6.04. The lowest BCUT2D eigenvalue weighted by Gasteiger charge is -2.31. The fourth-order valence-corrected chi connectivity index (χ4v) is 2.88. The number of likely N-dealkylation sites (tertiary alicyclic amines) is 1. The van der Waals surface area contributed by atoms with Gasteiger partial charge < -0.3 is 15.5 Å². The molecule has 4 nitrogen and oxygen atoms in total. The maximum absolute atomic E-state index is 13.7. The van der Waals surface area contributed by atoms with E-state index in [9.17, 15) is 4.39 Å². The molecule has 0 radical (unpaired) electrons. The first-order chi connectivity index (χ1) is 10.6. The lowest BCUT2D eigenvalue weighted by atomic mass is 10.0. The molecule has 0 aromatic heterocycles. The van der Waals surface area contributed by atoms with Gasteiger partial charge in [-0.25, -0.2) is 4.39 Å². The number of guanidine groups is 1. The molecule has 1 unspecified atom stereocenters. The molecule has 1 saturated heterocycles. The summed E-state index contributed by atoms with van der Waals surface area (Å²) in [7, 11) is 1.90. The number of hydrogen-bond donors (Lipinski definition) is 1. The molecule has 0 spiro atoms. The van der Waals surface area contributed by atoms with Gasteiger partial charge in [-0.3, -0.25) is 4.99 Å². The molecule has 0 bridgehead atoms. The van der Waals surface area contributed by atoms with Gasteiger partial charge in [0.25, 0.3) is 0 Å². The number of piperidine rings is 1. The van der Waals surface area contributed by atoms with Gasteiger partial charge in [-0.05, 0) is 37.3 Å². The van der Waals surface area contributed by atoms with E-state index >= 15 is 0 Å². The van der Waals surface area contributed by atoms with Crippen LogP contribution < -0.4 is 10.6 Å². The first kappa shape index (κ1) is 16.6. The molecule has 1 atom stereocenters. The fourth-order valence-electron chi connectivity index (χ4n) is 2.88. The van der Waals surface area contributed by atoms with E-state index in [0.717, 1.165) is 26.1 Å². The quantitative estimate of drug-likeness (QED) is 0.517. The number of para-hydroxylation sites is 1. The molecule has 2 N–H and O–H groups in total. The first-order valence-corrected chi connectivity index (χ1v) is 8.08. The minimum absolute atomic E-state index is 0.185. The number of nitrogens with two attached hydrogens (primary N) is 1. The van der Waals surface area contributed by atoms with Crippen LogP contribution in [0.5, 0.6) is 0 Å². The Hall–Kier alpha value is -1.78. The van der Waals surface area contributed by atoms with Gasteiger partial charge in [-0.15, -0.1) is 0 Å². The second-order valence-electron chi connectivity index (χ2n) is 6.16. The van der Waals surface area contributed by atoms with Gasteiger partial charge in [-0.2, -0.15) is 0 Å². The first-order valence-electron chi connectivity index (χ1n) is 8.08. The van der Waals surface area contributed by atoms with Crippen LogP contribution in [0.1, 0.15) is 26.2 Å². The Morgan fingerprint density at radius 3 is 2.95 bits per heavy atom. The molecule has 1 aromatic carbocycles. The molecule has 1 fully saturated rings. The third kappa shape index (κ3) is 4.61. The lowest BCUT2D eigenvalue weighted by molar-refractivity contribution is 0.270. The molecular formula is C17H27FN4. The monoisotopic (exact) mass is 306 g/mol. The Morgan fingerprint density at radius 2 is 2.23 bits per heavy atom. The van der Waals surface area contributed by atoms with Crippen molar-refractivity contribution in [3.05, 3.63) is 30.1 Å². The lowest BCUT2D eigenvalue weighted by Crippen LogP contribution is -2.43. The van der Waals surface area contributed by atoms with Crippen LogP contribution >= 0.6 is 0 Å². The van der Waals surface area contributed by atoms with E-state index < -0.39 is 0 Å². The molecular weight excluding hydrogens is 279 g/mol. The van der Waals surface area contributed by atoms with Gasteiger partial charge >= 0.3 is 0 Å². The Bertz CT molecular complexity index is 503. The molecule has 22 heavy (non-hydrogen) atoms. The third-order valence-electron chi connectivity index (χ3n) is 4.17. The van der Waals surface area contributed by atoms with Crippen LogP contribution in [-0.4, -0.2) is 44.1 Å². The molecule has 1 heterocycles. The van der Waals surface area contributed by atoms with Crippen LogP contribution in [0.3, 0.4) is 0 Å². The van der Waals surface area contributed by atoms with E-state index in [1.807, 2.05) is 18.0 Å². The number of hydrogen-bond acceptors (Lipinski definition) is 2. The Balaban J connectivity index is 1.76. The van der Waals surface area contributed by atoms with Gasteiger partial charge in [0.15, 0.2) is 5.96 Å². The molecule has 1 aliphatic rings. The summed E-state index contributed by atoms with van der Waals surface area (Å²) >= 11 is 0. The van der Waals surface area contributed by atoms with Gasteiger partial charge in [-0.1, -0.05) is 19.1 Å². The molecule has 5 heteroatoms. The van der Waals surface area contributed by atoms with Crippen molar-refractivity contribution in [3.8, 4) is 0 Å². The van der Waals surface area contributed by atoms with Gasteiger partial charge in [0.05, 0.1) is 5.69 Å². The van der Waals surface area contributed by atoms with Crippen LogP contribution in [0.2, 0.25) is 0 Å². The van der Waals surface area contributed by atoms with E-state index in [1.165, 1.54) is 18.9 Å². The van der Waals surface area contributed by atoms with Crippen LogP contribution in [0.25, 0.3) is 0 Å². The molecule has 0 saturated carbocycles. The summed E-state index contributed by atoms with van der Waals surface area (Å²) in [5.41, 5.74) is 6.69. The highest BCUT2D eigenvalue weighted by Gasteiger charge is 2.17. The topological polar surface area (TPSA) is 44.9 Å². The molecule has 0 amide bonds. The highest BCUT2D eigenvalue weighted by molar-refractivity contribution is 5.78. The average molecular weight is 306 g/mol. The summed E-state index contributed by atoms with van der Waals surface area (Å²) in [6.07, 6.45) is 3.32. The van der Waals surface area contributed by atoms with E-state index in [1.54, 1.807) is 12.1 Å². The smallest absolute Gasteiger partial charge is 0.191 e. The summed E-state index contributed by atoms with van der Waals surface area (Å²) in [4.78, 5) is 8.57. The van der Waals surface area contributed by atoms with E-state index in [4.69, 9.17) is 5.73 Å². The maximum Gasteiger partial charge on any atom is 0.191 e. The molecule has 1 aliphatic heterocycles. The number of anilines is 1. The van der Waals surface area contributed by atoms with Gasteiger partial charge in [0.1, 0.15) is 5.82 Å². The predicted octanol–water partition coefficient (Wildman–Crippen LogP) is 2.70. The second kappa shape index (κ2) is 8.01. The fraction of sp³-hybridized carbons (Fsp3) is 0.588. The summed E-state index contributed by atoms with van der Waals surface area (Å²) in [5.74, 6) is 1.16. The minimum Gasteiger partial charge on any atom is -0.372 e. The predicted molar refractivity (Wildman–Crippen MR) is 90.7 cm³/mol. The second-order valence-corrected chi connectivity index (χ2v) is 6.16. The van der Waals surface area contributed by atoms with Crippen molar-refractivity contribution in [2.75, 3.05) is 38.1 Å². The van der Waals surface area contributed by atoms with Gasteiger partial charge in [0.2, 0.25) is 0 Å². The van der Waals surface area contributed by atoms with Crippen molar-refractivity contribution >= 4 is 11.6 Å². The Labute approximate surface area is 132 Å². The SMILES string of the molecule is CC1CCCN(C(N)=NCCCN(C)c2ccccc2F)C1.